The molecule has 0 aliphatic rings. The van der Waals surface area contributed by atoms with Gasteiger partial charge < -0.3 is 0 Å². The van der Waals surface area contributed by atoms with E-state index in [1.807, 2.05) is 59.1 Å². The van der Waals surface area contributed by atoms with Gasteiger partial charge in [0.15, 0.2) is 0 Å². The first-order valence-corrected chi connectivity index (χ1v) is 9.15. The minimum atomic E-state index is -4.35. The second kappa shape index (κ2) is 6.48. The molecule has 2 nitrogen and oxygen atoms in total. The molecule has 0 aliphatic heterocycles. The predicted octanol–water partition coefficient (Wildman–Crippen LogP) is 6.84. The lowest BCUT2D eigenvalue weighted by molar-refractivity contribution is -0.137. The van der Waals surface area contributed by atoms with Crippen molar-refractivity contribution in [2.45, 2.75) is 6.18 Å². The zero-order valence-electron chi connectivity index (χ0n) is 15.2. The van der Waals surface area contributed by atoms with Crippen LogP contribution in [0.2, 0.25) is 0 Å². The summed E-state index contributed by atoms with van der Waals surface area (Å²) in [5.74, 6) is 0. The highest BCUT2D eigenvalue weighted by Crippen LogP contribution is 2.36. The van der Waals surface area contributed by atoms with Crippen LogP contribution in [0, 0.1) is 0 Å². The van der Waals surface area contributed by atoms with Crippen LogP contribution in [0.3, 0.4) is 0 Å². The van der Waals surface area contributed by atoms with Gasteiger partial charge in [-0.2, -0.15) is 18.3 Å². The number of pyridine rings is 1. The van der Waals surface area contributed by atoms with E-state index in [0.29, 0.717) is 5.56 Å². The summed E-state index contributed by atoms with van der Waals surface area (Å²) in [6, 6.07) is 25.2. The van der Waals surface area contributed by atoms with Crippen LogP contribution in [0.25, 0.3) is 38.7 Å². The predicted molar refractivity (Wildman–Crippen MR) is 109 cm³/mol. The van der Waals surface area contributed by atoms with Crippen LogP contribution in [0.1, 0.15) is 5.56 Å². The Kier molecular flexibility index (Phi) is 3.91. The van der Waals surface area contributed by atoms with Crippen molar-refractivity contribution in [3.8, 4) is 22.4 Å². The van der Waals surface area contributed by atoms with E-state index < -0.39 is 11.7 Å². The number of halogens is 3. The van der Waals surface area contributed by atoms with Crippen molar-refractivity contribution in [1.82, 2.24) is 9.61 Å². The van der Waals surface area contributed by atoms with Gasteiger partial charge in [0.2, 0.25) is 0 Å². The normalized spacial score (nSPS) is 12.0. The quantitative estimate of drug-likeness (QED) is 0.324. The topological polar surface area (TPSA) is 17.3 Å². The molecule has 3 aromatic carbocycles. The maximum atomic E-state index is 12.9. The van der Waals surface area contributed by atoms with Crippen LogP contribution in [0.5, 0.6) is 0 Å². The van der Waals surface area contributed by atoms with Crippen molar-refractivity contribution in [3.05, 3.63) is 96.7 Å². The molecule has 5 rings (SSSR count). The third-order valence-corrected chi connectivity index (χ3v) is 5.10. The summed E-state index contributed by atoms with van der Waals surface area (Å²) in [5, 5.41) is 6.64. The fourth-order valence-corrected chi connectivity index (χ4v) is 3.70. The molecule has 0 fully saturated rings. The molecular formula is C24H15F3N2. The molecular weight excluding hydrogens is 373 g/mol. The van der Waals surface area contributed by atoms with E-state index in [4.69, 9.17) is 0 Å². The molecule has 0 unspecified atom stereocenters. The van der Waals surface area contributed by atoms with Gasteiger partial charge in [0.25, 0.3) is 0 Å². The first-order valence-electron chi connectivity index (χ1n) is 9.15. The SMILES string of the molecule is FC(F)(F)c1ccc(-c2cnn3c(-c4ccccc4)cc4ccccc4c23)cc1. The van der Waals surface area contributed by atoms with E-state index >= 15 is 0 Å². The molecule has 0 saturated heterocycles. The summed E-state index contributed by atoms with van der Waals surface area (Å²) in [4.78, 5) is 0. The highest BCUT2D eigenvalue weighted by Gasteiger charge is 2.30. The Hall–Kier alpha value is -3.60. The van der Waals surface area contributed by atoms with Gasteiger partial charge >= 0.3 is 6.18 Å². The van der Waals surface area contributed by atoms with Crippen LogP contribution >= 0.6 is 0 Å². The van der Waals surface area contributed by atoms with E-state index in [0.717, 1.165) is 45.2 Å². The van der Waals surface area contributed by atoms with E-state index in [9.17, 15) is 13.2 Å². The number of nitrogens with zero attached hydrogens (tertiary/aromatic N) is 2. The van der Waals surface area contributed by atoms with Gasteiger partial charge in [-0.1, -0.05) is 66.7 Å². The maximum absolute atomic E-state index is 12.9. The third kappa shape index (κ3) is 2.95. The second-order valence-electron chi connectivity index (χ2n) is 6.88. The Morgan fingerprint density at radius 2 is 1.41 bits per heavy atom. The number of fused-ring (bicyclic) bond motifs is 3. The largest absolute Gasteiger partial charge is 0.416 e. The van der Waals surface area contributed by atoms with E-state index in [1.54, 1.807) is 6.20 Å². The molecule has 0 radical (unpaired) electrons. The molecule has 0 spiro atoms. The third-order valence-electron chi connectivity index (χ3n) is 5.10. The van der Waals surface area contributed by atoms with Gasteiger partial charge in [0, 0.05) is 16.5 Å². The average molecular weight is 388 g/mol. The van der Waals surface area contributed by atoms with E-state index in [2.05, 4.69) is 11.2 Å². The fourth-order valence-electron chi connectivity index (χ4n) is 3.70. The summed E-state index contributed by atoms with van der Waals surface area (Å²) in [6.45, 7) is 0. The zero-order chi connectivity index (χ0) is 20.0. The number of benzene rings is 3. The summed E-state index contributed by atoms with van der Waals surface area (Å²) in [6.07, 6.45) is -2.64. The maximum Gasteiger partial charge on any atom is 0.416 e. The standard InChI is InChI=1S/C24H15F3N2/c25-24(26,27)19-12-10-16(11-13-19)21-15-28-29-22(17-6-2-1-3-7-17)14-18-8-4-5-9-20(18)23(21)29/h1-15H. The minimum absolute atomic E-state index is 0.660. The Morgan fingerprint density at radius 1 is 0.724 bits per heavy atom. The Labute approximate surface area is 164 Å². The monoisotopic (exact) mass is 388 g/mol. The number of aromatic nitrogens is 2. The summed E-state index contributed by atoms with van der Waals surface area (Å²) >= 11 is 0. The highest BCUT2D eigenvalue weighted by molar-refractivity contribution is 6.04. The van der Waals surface area contributed by atoms with Crippen molar-refractivity contribution >= 4 is 16.3 Å². The molecule has 2 aromatic heterocycles. The minimum Gasteiger partial charge on any atom is -0.232 e. The van der Waals surface area contributed by atoms with Crippen molar-refractivity contribution < 1.29 is 13.2 Å². The molecule has 2 heterocycles. The Balaban J connectivity index is 1.79. The molecule has 0 atom stereocenters. The van der Waals surface area contributed by atoms with Crippen molar-refractivity contribution in [2.24, 2.45) is 0 Å². The molecule has 142 valence electrons. The van der Waals surface area contributed by atoms with Crippen LogP contribution in [0.15, 0.2) is 91.1 Å². The Morgan fingerprint density at radius 3 is 2.14 bits per heavy atom. The van der Waals surface area contributed by atoms with Crippen molar-refractivity contribution in [3.63, 3.8) is 0 Å². The van der Waals surface area contributed by atoms with Crippen LogP contribution in [-0.4, -0.2) is 9.61 Å². The number of rotatable bonds is 2. The van der Waals surface area contributed by atoms with Crippen molar-refractivity contribution in [1.29, 1.82) is 0 Å². The smallest absolute Gasteiger partial charge is 0.232 e. The van der Waals surface area contributed by atoms with Gasteiger partial charge in [-0.3, -0.25) is 0 Å². The molecule has 29 heavy (non-hydrogen) atoms. The highest BCUT2D eigenvalue weighted by atomic mass is 19.4. The van der Waals surface area contributed by atoms with Gasteiger partial charge in [-0.05, 0) is 29.1 Å². The molecule has 0 N–H and O–H groups in total. The summed E-state index contributed by atoms with van der Waals surface area (Å²) < 4.78 is 40.7. The molecule has 5 heteroatoms. The van der Waals surface area contributed by atoms with Gasteiger partial charge in [0.05, 0.1) is 23.0 Å². The number of alkyl halides is 3. The van der Waals surface area contributed by atoms with Gasteiger partial charge in [-0.25, -0.2) is 4.52 Å². The first kappa shape index (κ1) is 17.5. The number of hydrogen-bond acceptors (Lipinski definition) is 1. The van der Waals surface area contributed by atoms with Gasteiger partial charge in [0.1, 0.15) is 0 Å². The number of hydrogen-bond donors (Lipinski definition) is 0. The first-order chi connectivity index (χ1) is 14.0. The van der Waals surface area contributed by atoms with E-state index in [-0.39, 0.29) is 0 Å². The zero-order valence-corrected chi connectivity index (χ0v) is 15.2. The molecule has 0 bridgehead atoms. The van der Waals surface area contributed by atoms with Crippen LogP contribution in [-0.2, 0) is 6.18 Å². The average Bonchev–Trinajstić information content (AvgIpc) is 3.19. The fraction of sp³-hybridized carbons (Fsp3) is 0.0417. The molecule has 0 saturated carbocycles. The lowest BCUT2D eigenvalue weighted by Gasteiger charge is -2.11. The van der Waals surface area contributed by atoms with Crippen LogP contribution < -0.4 is 0 Å². The van der Waals surface area contributed by atoms with E-state index in [1.165, 1.54) is 12.1 Å². The van der Waals surface area contributed by atoms with Crippen LogP contribution in [0.4, 0.5) is 13.2 Å². The lowest BCUT2D eigenvalue weighted by atomic mass is 10.0. The molecule has 5 aromatic rings. The summed E-state index contributed by atoms with van der Waals surface area (Å²) in [5.41, 5.74) is 3.66. The van der Waals surface area contributed by atoms with Crippen molar-refractivity contribution in [2.75, 3.05) is 0 Å². The lowest BCUT2D eigenvalue weighted by Crippen LogP contribution is -2.03. The molecule has 0 aliphatic carbocycles. The Bertz CT molecular complexity index is 1320. The van der Waals surface area contributed by atoms with Gasteiger partial charge in [-0.15, -0.1) is 0 Å². The summed E-state index contributed by atoms with van der Waals surface area (Å²) in [7, 11) is 0. The molecule has 0 amide bonds. The second-order valence-corrected chi connectivity index (χ2v) is 6.88.